The van der Waals surface area contributed by atoms with Crippen LogP contribution in [0.25, 0.3) is 0 Å². The topological polar surface area (TPSA) is 52.0 Å². The first-order valence-corrected chi connectivity index (χ1v) is 5.15. The van der Waals surface area contributed by atoms with Crippen LogP contribution in [0.4, 0.5) is 0 Å². The van der Waals surface area contributed by atoms with Crippen molar-refractivity contribution in [2.45, 2.75) is 32.9 Å². The Bertz CT molecular complexity index is 290. The Morgan fingerprint density at radius 3 is 2.73 bits per heavy atom. The predicted molar refractivity (Wildman–Crippen MR) is 58.6 cm³/mol. The summed E-state index contributed by atoms with van der Waals surface area (Å²) in [7, 11) is 1.69. The van der Waals surface area contributed by atoms with Gasteiger partial charge in [0, 0.05) is 20.2 Å². The number of methoxy groups -OCH3 is 1. The molecule has 0 aliphatic heterocycles. The maximum atomic E-state index is 4.94. The minimum absolute atomic E-state index is 0.00220. The Hall–Kier alpha value is -0.940. The van der Waals surface area contributed by atoms with Crippen LogP contribution in [-0.2, 0) is 16.8 Å². The molecule has 5 nitrogen and oxygen atoms in total. The molecule has 0 unspecified atom stereocenters. The van der Waals surface area contributed by atoms with Crippen LogP contribution in [0, 0.1) is 0 Å². The molecular weight excluding hydrogens is 192 g/mol. The highest BCUT2D eigenvalue weighted by Crippen LogP contribution is 2.11. The van der Waals surface area contributed by atoms with Crippen molar-refractivity contribution in [2.24, 2.45) is 0 Å². The van der Waals surface area contributed by atoms with E-state index in [-0.39, 0.29) is 5.54 Å². The minimum atomic E-state index is -0.00220. The summed E-state index contributed by atoms with van der Waals surface area (Å²) in [5, 5.41) is 11.4. The van der Waals surface area contributed by atoms with Crippen molar-refractivity contribution in [1.82, 2.24) is 20.3 Å². The fourth-order valence-corrected chi connectivity index (χ4v) is 1.10. The van der Waals surface area contributed by atoms with Gasteiger partial charge in [-0.15, -0.1) is 5.10 Å². The molecule has 0 fully saturated rings. The fourth-order valence-electron chi connectivity index (χ4n) is 1.10. The van der Waals surface area contributed by atoms with Gasteiger partial charge in [-0.3, -0.25) is 0 Å². The number of nitrogens with one attached hydrogen (secondary N) is 1. The second-order valence-corrected chi connectivity index (χ2v) is 4.49. The van der Waals surface area contributed by atoms with Gasteiger partial charge in [-0.05, 0) is 20.8 Å². The molecule has 0 aromatic carbocycles. The van der Waals surface area contributed by atoms with E-state index in [1.54, 1.807) is 7.11 Å². The molecule has 0 aliphatic carbocycles. The zero-order valence-electron chi connectivity index (χ0n) is 9.95. The van der Waals surface area contributed by atoms with Crippen molar-refractivity contribution in [3.05, 3.63) is 11.9 Å². The van der Waals surface area contributed by atoms with Crippen LogP contribution < -0.4 is 5.32 Å². The van der Waals surface area contributed by atoms with E-state index < -0.39 is 0 Å². The van der Waals surface area contributed by atoms with Crippen LogP contribution >= 0.6 is 0 Å². The minimum Gasteiger partial charge on any atom is -0.383 e. The van der Waals surface area contributed by atoms with Gasteiger partial charge in [-0.25, -0.2) is 4.68 Å². The Kier molecular flexibility index (Phi) is 4.23. The van der Waals surface area contributed by atoms with Crippen molar-refractivity contribution in [3.8, 4) is 0 Å². The van der Waals surface area contributed by atoms with E-state index >= 15 is 0 Å². The lowest BCUT2D eigenvalue weighted by Gasteiger charge is -2.17. The van der Waals surface area contributed by atoms with Gasteiger partial charge in [0.2, 0.25) is 0 Å². The summed E-state index contributed by atoms with van der Waals surface area (Å²) >= 11 is 0. The number of aromatic nitrogens is 3. The average Bonchev–Trinajstić information content (AvgIpc) is 2.60. The molecule has 1 aromatic rings. The SMILES string of the molecule is COCCNCc1cn(C(C)(C)C)nn1. The largest absolute Gasteiger partial charge is 0.383 e. The third kappa shape index (κ3) is 3.97. The van der Waals surface area contributed by atoms with Crippen LogP contribution in [0.5, 0.6) is 0 Å². The van der Waals surface area contributed by atoms with Gasteiger partial charge < -0.3 is 10.1 Å². The second kappa shape index (κ2) is 5.23. The fraction of sp³-hybridized carbons (Fsp3) is 0.800. The standard InChI is InChI=1S/C10H20N4O/c1-10(2,3)14-8-9(12-13-14)7-11-5-6-15-4/h8,11H,5-7H2,1-4H3. The molecule has 86 valence electrons. The summed E-state index contributed by atoms with van der Waals surface area (Å²) in [5.74, 6) is 0. The zero-order chi connectivity index (χ0) is 11.3. The van der Waals surface area contributed by atoms with Gasteiger partial charge in [-0.1, -0.05) is 5.21 Å². The highest BCUT2D eigenvalue weighted by atomic mass is 16.5. The number of hydrogen-bond acceptors (Lipinski definition) is 4. The molecule has 0 saturated carbocycles. The number of nitrogens with zero attached hydrogens (tertiary/aromatic N) is 3. The Labute approximate surface area is 90.8 Å². The smallest absolute Gasteiger partial charge is 0.0965 e. The van der Waals surface area contributed by atoms with Gasteiger partial charge in [0.05, 0.1) is 24.0 Å². The Morgan fingerprint density at radius 1 is 1.47 bits per heavy atom. The van der Waals surface area contributed by atoms with Crippen LogP contribution in [-0.4, -0.2) is 35.3 Å². The molecule has 15 heavy (non-hydrogen) atoms. The number of rotatable bonds is 5. The Morgan fingerprint density at radius 2 is 2.20 bits per heavy atom. The maximum absolute atomic E-state index is 4.94. The molecule has 0 radical (unpaired) electrons. The van der Waals surface area contributed by atoms with Gasteiger partial charge >= 0.3 is 0 Å². The molecule has 1 N–H and O–H groups in total. The van der Waals surface area contributed by atoms with Crippen molar-refractivity contribution in [3.63, 3.8) is 0 Å². The summed E-state index contributed by atoms with van der Waals surface area (Å²) in [6.45, 7) is 8.59. The van der Waals surface area contributed by atoms with E-state index in [1.165, 1.54) is 0 Å². The molecule has 5 heteroatoms. The summed E-state index contributed by atoms with van der Waals surface area (Å²) < 4.78 is 6.81. The summed E-state index contributed by atoms with van der Waals surface area (Å²) in [4.78, 5) is 0. The third-order valence-electron chi connectivity index (χ3n) is 2.02. The molecular formula is C10H20N4O. The molecule has 0 saturated heterocycles. The lowest BCUT2D eigenvalue weighted by atomic mass is 10.1. The lowest BCUT2D eigenvalue weighted by molar-refractivity contribution is 0.199. The number of hydrogen-bond donors (Lipinski definition) is 1. The van der Waals surface area contributed by atoms with E-state index in [9.17, 15) is 0 Å². The normalized spacial score (nSPS) is 12.0. The highest BCUT2D eigenvalue weighted by Gasteiger charge is 2.14. The van der Waals surface area contributed by atoms with Gasteiger partial charge in [0.15, 0.2) is 0 Å². The summed E-state index contributed by atoms with van der Waals surface area (Å²) in [6, 6.07) is 0. The van der Waals surface area contributed by atoms with E-state index in [4.69, 9.17) is 4.74 Å². The van der Waals surface area contributed by atoms with Crippen molar-refractivity contribution >= 4 is 0 Å². The highest BCUT2D eigenvalue weighted by molar-refractivity contribution is 4.93. The van der Waals surface area contributed by atoms with Crippen molar-refractivity contribution in [1.29, 1.82) is 0 Å². The molecule has 0 aliphatic rings. The number of ether oxygens (including phenoxy) is 1. The molecule has 1 rings (SSSR count). The molecule has 1 heterocycles. The van der Waals surface area contributed by atoms with Crippen LogP contribution in [0.2, 0.25) is 0 Å². The summed E-state index contributed by atoms with van der Waals surface area (Å²) in [6.07, 6.45) is 1.97. The van der Waals surface area contributed by atoms with Gasteiger partial charge in [0.1, 0.15) is 0 Å². The zero-order valence-corrected chi connectivity index (χ0v) is 9.95. The van der Waals surface area contributed by atoms with Crippen LogP contribution in [0.3, 0.4) is 0 Å². The molecule has 0 spiro atoms. The third-order valence-corrected chi connectivity index (χ3v) is 2.02. The van der Waals surface area contributed by atoms with Crippen molar-refractivity contribution in [2.75, 3.05) is 20.3 Å². The van der Waals surface area contributed by atoms with E-state index in [0.717, 1.165) is 18.8 Å². The van der Waals surface area contributed by atoms with Gasteiger partial charge in [0.25, 0.3) is 0 Å². The van der Waals surface area contributed by atoms with E-state index in [1.807, 2.05) is 10.9 Å². The lowest BCUT2D eigenvalue weighted by Crippen LogP contribution is -2.22. The van der Waals surface area contributed by atoms with Crippen LogP contribution in [0.15, 0.2) is 6.20 Å². The molecule has 1 aromatic heterocycles. The van der Waals surface area contributed by atoms with Crippen LogP contribution in [0.1, 0.15) is 26.5 Å². The van der Waals surface area contributed by atoms with Gasteiger partial charge in [-0.2, -0.15) is 0 Å². The monoisotopic (exact) mass is 212 g/mol. The van der Waals surface area contributed by atoms with E-state index in [0.29, 0.717) is 6.61 Å². The van der Waals surface area contributed by atoms with Crippen molar-refractivity contribution < 1.29 is 4.74 Å². The second-order valence-electron chi connectivity index (χ2n) is 4.49. The average molecular weight is 212 g/mol. The Balaban J connectivity index is 2.40. The molecule has 0 bridgehead atoms. The predicted octanol–water partition coefficient (Wildman–Crippen LogP) is 0.769. The maximum Gasteiger partial charge on any atom is 0.0965 e. The summed E-state index contributed by atoms with van der Waals surface area (Å²) in [5.41, 5.74) is 0.957. The first-order chi connectivity index (χ1) is 7.04. The first-order valence-electron chi connectivity index (χ1n) is 5.15. The van der Waals surface area contributed by atoms with E-state index in [2.05, 4.69) is 36.4 Å². The molecule has 0 amide bonds. The first kappa shape index (κ1) is 12.1. The quantitative estimate of drug-likeness (QED) is 0.732. The molecule has 0 atom stereocenters.